The van der Waals surface area contributed by atoms with Crippen molar-refractivity contribution in [3.63, 3.8) is 0 Å². The van der Waals surface area contributed by atoms with Crippen molar-refractivity contribution in [2.45, 2.75) is 6.92 Å². The molecule has 3 N–H and O–H groups in total. The van der Waals surface area contributed by atoms with Crippen LogP contribution in [-0.2, 0) is 7.05 Å². The van der Waals surface area contributed by atoms with Gasteiger partial charge in [-0.15, -0.1) is 0 Å². The number of amides is 1. The van der Waals surface area contributed by atoms with E-state index in [1.54, 1.807) is 36.1 Å². The van der Waals surface area contributed by atoms with Crippen LogP contribution in [0.3, 0.4) is 0 Å². The molecular formula is C12H14N4O. The Morgan fingerprint density at radius 3 is 2.82 bits per heavy atom. The highest BCUT2D eigenvalue weighted by Crippen LogP contribution is 2.18. The highest BCUT2D eigenvalue weighted by molar-refractivity contribution is 6.03. The first-order valence-electron chi connectivity index (χ1n) is 5.23. The van der Waals surface area contributed by atoms with Gasteiger partial charge in [0.15, 0.2) is 5.69 Å². The second-order valence-electron chi connectivity index (χ2n) is 3.90. The molecule has 1 aromatic carbocycles. The van der Waals surface area contributed by atoms with Crippen LogP contribution in [0.15, 0.2) is 30.5 Å². The molecule has 0 bridgehead atoms. The summed E-state index contributed by atoms with van der Waals surface area (Å²) in [4.78, 5) is 11.9. The summed E-state index contributed by atoms with van der Waals surface area (Å²) in [7, 11) is 1.77. The lowest BCUT2D eigenvalue weighted by Gasteiger charge is -2.07. The molecule has 2 rings (SSSR count). The minimum atomic E-state index is -0.237. The average molecular weight is 230 g/mol. The van der Waals surface area contributed by atoms with E-state index >= 15 is 0 Å². The molecule has 0 aliphatic heterocycles. The van der Waals surface area contributed by atoms with Gasteiger partial charge >= 0.3 is 0 Å². The molecule has 17 heavy (non-hydrogen) atoms. The summed E-state index contributed by atoms with van der Waals surface area (Å²) in [6.45, 7) is 1.91. The maximum absolute atomic E-state index is 11.9. The van der Waals surface area contributed by atoms with E-state index in [-0.39, 0.29) is 5.91 Å². The predicted octanol–water partition coefficient (Wildman–Crippen LogP) is 1.56. The second-order valence-corrected chi connectivity index (χ2v) is 3.90. The van der Waals surface area contributed by atoms with Gasteiger partial charge < -0.3 is 11.1 Å². The largest absolute Gasteiger partial charge is 0.399 e. The third-order valence-corrected chi connectivity index (χ3v) is 2.46. The van der Waals surface area contributed by atoms with Crippen LogP contribution < -0.4 is 11.1 Å². The minimum absolute atomic E-state index is 0.237. The van der Waals surface area contributed by atoms with Crippen LogP contribution in [0.1, 0.15) is 16.1 Å². The van der Waals surface area contributed by atoms with Crippen LogP contribution in [0.5, 0.6) is 0 Å². The Morgan fingerprint density at radius 1 is 1.41 bits per heavy atom. The van der Waals surface area contributed by atoms with Gasteiger partial charge in [0, 0.05) is 24.6 Å². The van der Waals surface area contributed by atoms with Crippen molar-refractivity contribution in [2.75, 3.05) is 11.1 Å². The van der Waals surface area contributed by atoms with E-state index in [2.05, 4.69) is 10.4 Å². The molecule has 88 valence electrons. The number of benzene rings is 1. The fourth-order valence-corrected chi connectivity index (χ4v) is 1.50. The van der Waals surface area contributed by atoms with E-state index in [0.717, 1.165) is 5.56 Å². The monoisotopic (exact) mass is 230 g/mol. The number of nitrogens with one attached hydrogen (secondary N) is 1. The van der Waals surface area contributed by atoms with E-state index in [4.69, 9.17) is 5.73 Å². The van der Waals surface area contributed by atoms with Crippen molar-refractivity contribution in [3.05, 3.63) is 41.7 Å². The van der Waals surface area contributed by atoms with Crippen LogP contribution in [0.2, 0.25) is 0 Å². The number of nitrogens with two attached hydrogens (primary N) is 1. The smallest absolute Gasteiger partial charge is 0.276 e. The molecule has 1 aromatic heterocycles. The van der Waals surface area contributed by atoms with Crippen molar-refractivity contribution >= 4 is 17.3 Å². The van der Waals surface area contributed by atoms with Gasteiger partial charge in [-0.25, -0.2) is 0 Å². The SMILES string of the molecule is Cc1ccc(N)cc1NC(=O)c1ccn(C)n1. The fourth-order valence-electron chi connectivity index (χ4n) is 1.50. The molecule has 1 heterocycles. The number of hydrogen-bond acceptors (Lipinski definition) is 3. The number of carbonyl (C=O) groups excluding carboxylic acids is 1. The van der Waals surface area contributed by atoms with Crippen molar-refractivity contribution in [1.82, 2.24) is 9.78 Å². The number of rotatable bonds is 2. The second kappa shape index (κ2) is 4.29. The summed E-state index contributed by atoms with van der Waals surface area (Å²) in [6.07, 6.45) is 1.72. The summed E-state index contributed by atoms with van der Waals surface area (Å²) < 4.78 is 1.58. The number of anilines is 2. The first-order chi connectivity index (χ1) is 8.06. The summed E-state index contributed by atoms with van der Waals surface area (Å²) >= 11 is 0. The zero-order valence-corrected chi connectivity index (χ0v) is 9.77. The Bertz CT molecular complexity index is 559. The normalized spacial score (nSPS) is 10.2. The lowest BCUT2D eigenvalue weighted by Crippen LogP contribution is -2.14. The fraction of sp³-hybridized carbons (Fsp3) is 0.167. The van der Waals surface area contributed by atoms with Crippen LogP contribution in [0, 0.1) is 6.92 Å². The number of aryl methyl sites for hydroxylation is 2. The summed E-state index contributed by atoms with van der Waals surface area (Å²) in [5.41, 5.74) is 8.35. The van der Waals surface area contributed by atoms with E-state index in [9.17, 15) is 4.79 Å². The van der Waals surface area contributed by atoms with Crippen molar-refractivity contribution < 1.29 is 4.79 Å². The molecule has 2 aromatic rings. The summed E-state index contributed by atoms with van der Waals surface area (Å²) in [5.74, 6) is -0.237. The van der Waals surface area contributed by atoms with E-state index in [1.165, 1.54) is 0 Å². The van der Waals surface area contributed by atoms with Gasteiger partial charge in [-0.05, 0) is 30.7 Å². The highest BCUT2D eigenvalue weighted by atomic mass is 16.1. The first-order valence-corrected chi connectivity index (χ1v) is 5.23. The Labute approximate surface area is 99.2 Å². The highest BCUT2D eigenvalue weighted by Gasteiger charge is 2.10. The molecule has 0 spiro atoms. The molecule has 0 aliphatic rings. The van der Waals surface area contributed by atoms with Crippen LogP contribution in [0.4, 0.5) is 11.4 Å². The molecular weight excluding hydrogens is 216 g/mol. The van der Waals surface area contributed by atoms with Gasteiger partial charge in [-0.1, -0.05) is 6.07 Å². The molecule has 5 nitrogen and oxygen atoms in total. The molecule has 0 saturated carbocycles. The number of hydrogen-bond donors (Lipinski definition) is 2. The summed E-state index contributed by atoms with van der Waals surface area (Å²) in [6, 6.07) is 7.06. The maximum Gasteiger partial charge on any atom is 0.276 e. The molecule has 0 saturated heterocycles. The van der Waals surface area contributed by atoms with Gasteiger partial charge in [-0.3, -0.25) is 9.48 Å². The van der Waals surface area contributed by atoms with E-state index in [0.29, 0.717) is 17.1 Å². The molecule has 0 fully saturated rings. The lowest BCUT2D eigenvalue weighted by molar-refractivity contribution is 0.102. The number of nitrogens with zero attached hydrogens (tertiary/aromatic N) is 2. The topological polar surface area (TPSA) is 72.9 Å². The molecule has 1 amide bonds. The first kappa shape index (κ1) is 11.2. The van der Waals surface area contributed by atoms with Crippen LogP contribution in [0.25, 0.3) is 0 Å². The van der Waals surface area contributed by atoms with Crippen LogP contribution in [-0.4, -0.2) is 15.7 Å². The minimum Gasteiger partial charge on any atom is -0.399 e. The third kappa shape index (κ3) is 2.44. The number of aromatic nitrogens is 2. The quantitative estimate of drug-likeness (QED) is 0.769. The van der Waals surface area contributed by atoms with E-state index in [1.807, 2.05) is 13.0 Å². The molecule has 0 aliphatic carbocycles. The van der Waals surface area contributed by atoms with Gasteiger partial charge in [-0.2, -0.15) is 5.10 Å². The number of carbonyl (C=O) groups is 1. The Hall–Kier alpha value is -2.30. The predicted molar refractivity (Wildman–Crippen MR) is 66.8 cm³/mol. The zero-order valence-electron chi connectivity index (χ0n) is 9.77. The number of nitrogen functional groups attached to an aromatic ring is 1. The van der Waals surface area contributed by atoms with E-state index < -0.39 is 0 Å². The summed E-state index contributed by atoms with van der Waals surface area (Å²) in [5, 5.41) is 6.82. The van der Waals surface area contributed by atoms with Gasteiger partial charge in [0.25, 0.3) is 5.91 Å². The lowest BCUT2D eigenvalue weighted by atomic mass is 10.2. The van der Waals surface area contributed by atoms with Gasteiger partial charge in [0.2, 0.25) is 0 Å². The van der Waals surface area contributed by atoms with Gasteiger partial charge in [0.05, 0.1) is 0 Å². The van der Waals surface area contributed by atoms with Crippen molar-refractivity contribution in [3.8, 4) is 0 Å². The van der Waals surface area contributed by atoms with Crippen LogP contribution >= 0.6 is 0 Å². The van der Waals surface area contributed by atoms with Crippen molar-refractivity contribution in [2.24, 2.45) is 7.05 Å². The average Bonchev–Trinajstić information content (AvgIpc) is 2.70. The van der Waals surface area contributed by atoms with Gasteiger partial charge in [0.1, 0.15) is 0 Å². The standard InChI is InChI=1S/C12H14N4O/c1-8-3-4-9(13)7-11(8)14-12(17)10-5-6-16(2)15-10/h3-7H,13H2,1-2H3,(H,14,17). The Balaban J connectivity index is 2.21. The molecule has 0 unspecified atom stereocenters. The molecule has 5 heteroatoms. The molecule has 0 radical (unpaired) electrons. The molecule has 0 atom stereocenters. The maximum atomic E-state index is 11.9. The Kier molecular flexibility index (Phi) is 2.82. The third-order valence-electron chi connectivity index (χ3n) is 2.46. The Morgan fingerprint density at radius 2 is 2.18 bits per heavy atom. The zero-order chi connectivity index (χ0) is 12.4. The van der Waals surface area contributed by atoms with Crippen molar-refractivity contribution in [1.29, 1.82) is 0 Å².